The number of carbonyl (C=O) groups is 2. The van der Waals surface area contributed by atoms with Crippen molar-refractivity contribution >= 4 is 19.2 Å². The van der Waals surface area contributed by atoms with Gasteiger partial charge in [0.15, 0.2) is 0 Å². The average Bonchev–Trinajstić information content (AvgIpc) is 3.19. The number of imidazole rings is 1. The number of fused-ring (bicyclic) bond motifs is 1. The zero-order valence-electron chi connectivity index (χ0n) is 15.4. The van der Waals surface area contributed by atoms with E-state index in [-0.39, 0.29) is 24.4 Å². The van der Waals surface area contributed by atoms with E-state index in [9.17, 15) is 9.59 Å². The number of amides is 1. The quantitative estimate of drug-likeness (QED) is 0.427. The topological polar surface area (TPSA) is 82.5 Å². The number of nitrogens with one attached hydrogen (secondary N) is 1. The second-order valence-corrected chi connectivity index (χ2v) is 6.44. The van der Waals surface area contributed by atoms with E-state index < -0.39 is 0 Å². The van der Waals surface area contributed by atoms with E-state index in [1.165, 1.54) is 0 Å². The van der Waals surface area contributed by atoms with Crippen molar-refractivity contribution in [2.45, 2.75) is 31.6 Å². The Kier molecular flexibility index (Phi) is 6.65. The van der Waals surface area contributed by atoms with Gasteiger partial charge in [-0.1, -0.05) is 18.5 Å². The van der Waals surface area contributed by atoms with E-state index in [1.807, 2.05) is 30.2 Å². The van der Waals surface area contributed by atoms with Gasteiger partial charge in [-0.2, -0.15) is 0 Å². The SMILES string of the molecule is COCCOC(=O)c1cccc2c1C[B][C@@H](NC(=O)CCn1ccnc1)C2. The van der Waals surface area contributed by atoms with Gasteiger partial charge in [-0.25, -0.2) is 9.78 Å². The van der Waals surface area contributed by atoms with E-state index in [2.05, 4.69) is 10.3 Å². The number of methoxy groups -OCH3 is 1. The maximum atomic E-state index is 12.3. The number of carbonyl (C=O) groups excluding carboxylic acids is 2. The first-order valence-electron chi connectivity index (χ1n) is 9.02. The molecule has 2 aromatic rings. The Labute approximate surface area is 159 Å². The smallest absolute Gasteiger partial charge is 0.338 e. The summed E-state index contributed by atoms with van der Waals surface area (Å²) in [5.41, 5.74) is 2.63. The second-order valence-electron chi connectivity index (χ2n) is 6.44. The van der Waals surface area contributed by atoms with E-state index in [0.717, 1.165) is 11.1 Å². The van der Waals surface area contributed by atoms with Crippen LogP contribution in [0.4, 0.5) is 0 Å². The largest absolute Gasteiger partial charge is 0.460 e. The second kappa shape index (κ2) is 9.37. The zero-order valence-corrected chi connectivity index (χ0v) is 15.4. The average molecular weight is 368 g/mol. The van der Waals surface area contributed by atoms with E-state index in [4.69, 9.17) is 9.47 Å². The highest BCUT2D eigenvalue weighted by Gasteiger charge is 2.25. The molecule has 1 aliphatic heterocycles. The minimum atomic E-state index is -0.333. The molecule has 0 aliphatic carbocycles. The minimum Gasteiger partial charge on any atom is -0.460 e. The van der Waals surface area contributed by atoms with Crippen molar-refractivity contribution in [2.24, 2.45) is 0 Å². The molecule has 0 fully saturated rings. The number of aromatic nitrogens is 2. The van der Waals surface area contributed by atoms with E-state index >= 15 is 0 Å². The number of benzene rings is 1. The van der Waals surface area contributed by atoms with Gasteiger partial charge in [0.25, 0.3) is 0 Å². The number of hydrogen-bond donors (Lipinski definition) is 1. The third-order valence-corrected chi connectivity index (χ3v) is 4.56. The lowest BCUT2D eigenvalue weighted by Gasteiger charge is -2.26. The fraction of sp³-hybridized carbons (Fsp3) is 0.421. The lowest BCUT2D eigenvalue weighted by atomic mass is 9.57. The number of esters is 1. The van der Waals surface area contributed by atoms with Gasteiger partial charge in [-0.15, -0.1) is 0 Å². The Morgan fingerprint density at radius 1 is 1.37 bits per heavy atom. The zero-order chi connectivity index (χ0) is 19.1. The number of ether oxygens (including phenoxy) is 2. The molecule has 0 unspecified atom stereocenters. The third-order valence-electron chi connectivity index (χ3n) is 4.56. The highest BCUT2D eigenvalue weighted by molar-refractivity contribution is 6.38. The molecule has 1 aromatic carbocycles. The van der Waals surface area contributed by atoms with Gasteiger partial charge in [0.05, 0.1) is 18.5 Å². The van der Waals surface area contributed by atoms with Gasteiger partial charge < -0.3 is 19.4 Å². The summed E-state index contributed by atoms with van der Waals surface area (Å²) in [6.45, 7) is 1.21. The molecular weight excluding hydrogens is 345 g/mol. The van der Waals surface area contributed by atoms with Crippen LogP contribution in [0.15, 0.2) is 36.9 Å². The Hall–Kier alpha value is -2.61. The molecule has 0 bridgehead atoms. The first-order chi connectivity index (χ1) is 13.2. The Bertz CT molecular complexity index is 779. The molecule has 2 heterocycles. The van der Waals surface area contributed by atoms with Crippen LogP contribution >= 0.6 is 0 Å². The summed E-state index contributed by atoms with van der Waals surface area (Å²) in [6.07, 6.45) is 6.93. The predicted octanol–water partition coefficient (Wildman–Crippen LogP) is 0.979. The highest BCUT2D eigenvalue weighted by Crippen LogP contribution is 2.22. The molecule has 141 valence electrons. The molecule has 3 rings (SSSR count). The molecule has 0 saturated carbocycles. The van der Waals surface area contributed by atoms with Crippen molar-refractivity contribution < 1.29 is 19.1 Å². The molecular formula is C19H23BN3O4. The molecule has 0 saturated heterocycles. The summed E-state index contributed by atoms with van der Waals surface area (Å²) in [7, 11) is 3.61. The Morgan fingerprint density at radius 2 is 2.26 bits per heavy atom. The van der Waals surface area contributed by atoms with Crippen molar-refractivity contribution in [3.63, 3.8) is 0 Å². The van der Waals surface area contributed by atoms with Gasteiger partial charge in [0.2, 0.25) is 5.91 Å². The summed E-state index contributed by atoms with van der Waals surface area (Å²) in [5, 5.41) is 3.05. The maximum Gasteiger partial charge on any atom is 0.338 e. The Morgan fingerprint density at radius 3 is 3.04 bits per heavy atom. The monoisotopic (exact) mass is 368 g/mol. The summed E-state index contributed by atoms with van der Waals surface area (Å²) in [6, 6.07) is 5.64. The maximum absolute atomic E-state index is 12.3. The summed E-state index contributed by atoms with van der Waals surface area (Å²) in [4.78, 5) is 28.4. The normalized spacial score (nSPS) is 15.5. The highest BCUT2D eigenvalue weighted by atomic mass is 16.6. The molecule has 1 aliphatic rings. The van der Waals surface area contributed by atoms with Crippen molar-refractivity contribution in [1.82, 2.24) is 14.9 Å². The van der Waals surface area contributed by atoms with Crippen LogP contribution in [0.3, 0.4) is 0 Å². The molecule has 7 nitrogen and oxygen atoms in total. The van der Waals surface area contributed by atoms with Crippen LogP contribution in [0.1, 0.15) is 27.9 Å². The van der Waals surface area contributed by atoms with Crippen molar-refractivity contribution in [3.8, 4) is 0 Å². The number of aryl methyl sites for hydroxylation is 1. The van der Waals surface area contributed by atoms with Crippen LogP contribution in [0.2, 0.25) is 0 Å². The standard InChI is InChI=1S/C19H23BN3O4/c1-26-9-10-27-19(25)15-4-2-3-14-11-17(20-12-16(14)15)22-18(24)5-7-23-8-6-21-13-23/h2-4,6,8,13,17H,5,7,9-12H2,1H3,(H,22,24)/t17-/m0/s1. The van der Waals surface area contributed by atoms with E-state index in [0.29, 0.717) is 37.9 Å². The molecule has 27 heavy (non-hydrogen) atoms. The lowest BCUT2D eigenvalue weighted by molar-refractivity contribution is -0.121. The van der Waals surface area contributed by atoms with E-state index in [1.54, 1.807) is 25.7 Å². The number of nitrogens with zero attached hydrogens (tertiary/aromatic N) is 2. The molecule has 8 heteroatoms. The number of hydrogen-bond acceptors (Lipinski definition) is 5. The van der Waals surface area contributed by atoms with Gasteiger partial charge in [0, 0.05) is 38.4 Å². The molecule has 1 atom stereocenters. The van der Waals surface area contributed by atoms with Gasteiger partial charge in [-0.3, -0.25) is 4.79 Å². The van der Waals surface area contributed by atoms with Crippen molar-refractivity contribution in [3.05, 3.63) is 53.6 Å². The molecule has 1 amide bonds. The first-order valence-corrected chi connectivity index (χ1v) is 9.02. The van der Waals surface area contributed by atoms with Crippen LogP contribution in [0.25, 0.3) is 0 Å². The summed E-state index contributed by atoms with van der Waals surface area (Å²) >= 11 is 0. The van der Waals surface area contributed by atoms with Gasteiger partial charge in [-0.05, 0) is 23.6 Å². The fourth-order valence-corrected chi connectivity index (χ4v) is 3.17. The predicted molar refractivity (Wildman–Crippen MR) is 101 cm³/mol. The molecule has 0 spiro atoms. The molecule has 1 aromatic heterocycles. The van der Waals surface area contributed by atoms with Crippen LogP contribution < -0.4 is 5.32 Å². The molecule has 1 N–H and O–H groups in total. The van der Waals surface area contributed by atoms with Crippen LogP contribution in [-0.2, 0) is 33.6 Å². The third kappa shape index (κ3) is 5.20. The first kappa shape index (κ1) is 19.2. The summed E-state index contributed by atoms with van der Waals surface area (Å²) in [5.74, 6) is -0.365. The fourth-order valence-electron chi connectivity index (χ4n) is 3.17. The Balaban J connectivity index is 1.55. The summed E-state index contributed by atoms with van der Waals surface area (Å²) < 4.78 is 12.0. The lowest BCUT2D eigenvalue weighted by Crippen LogP contribution is -2.44. The number of rotatable bonds is 8. The van der Waals surface area contributed by atoms with Gasteiger partial charge in [0.1, 0.15) is 13.9 Å². The van der Waals surface area contributed by atoms with Crippen LogP contribution in [0.5, 0.6) is 0 Å². The van der Waals surface area contributed by atoms with Crippen molar-refractivity contribution in [2.75, 3.05) is 20.3 Å². The molecule has 1 radical (unpaired) electrons. The van der Waals surface area contributed by atoms with Gasteiger partial charge >= 0.3 is 5.97 Å². The van der Waals surface area contributed by atoms with Crippen LogP contribution in [0, 0.1) is 0 Å². The van der Waals surface area contributed by atoms with Crippen LogP contribution in [-0.4, -0.2) is 55.0 Å². The minimum absolute atomic E-state index is 0.00327. The van der Waals surface area contributed by atoms with Crippen molar-refractivity contribution in [1.29, 1.82) is 0 Å².